The van der Waals surface area contributed by atoms with Crippen LogP contribution in [0.25, 0.3) is 10.7 Å². The van der Waals surface area contributed by atoms with Crippen LogP contribution in [0.15, 0.2) is 16.2 Å². The minimum absolute atomic E-state index is 0.186. The molecule has 1 unspecified atom stereocenters. The van der Waals surface area contributed by atoms with Crippen molar-refractivity contribution in [3.8, 4) is 10.7 Å². The number of aromatic nitrogens is 3. The number of rotatable bonds is 2. The van der Waals surface area contributed by atoms with E-state index in [0.29, 0.717) is 18.1 Å². The largest absolute Gasteiger partial charge is 0.338 e. The van der Waals surface area contributed by atoms with Crippen molar-refractivity contribution in [3.63, 3.8) is 0 Å². The highest BCUT2D eigenvalue weighted by molar-refractivity contribution is 7.13. The van der Waals surface area contributed by atoms with Gasteiger partial charge in [-0.3, -0.25) is 9.78 Å². The van der Waals surface area contributed by atoms with Crippen LogP contribution in [0.5, 0.6) is 0 Å². The predicted octanol–water partition coefficient (Wildman–Crippen LogP) is 2.03. The second-order valence-corrected chi connectivity index (χ2v) is 4.62. The Hall–Kier alpha value is -1.56. The summed E-state index contributed by atoms with van der Waals surface area (Å²) in [6.45, 7) is 0. The van der Waals surface area contributed by atoms with Crippen LogP contribution < -0.4 is 0 Å². The lowest BCUT2D eigenvalue weighted by Crippen LogP contribution is -2.04. The van der Waals surface area contributed by atoms with Gasteiger partial charge in [0.25, 0.3) is 0 Å². The van der Waals surface area contributed by atoms with Gasteiger partial charge in [0.1, 0.15) is 5.78 Å². The fraction of sp³-hybridized carbons (Fsp3) is 0.400. The van der Waals surface area contributed by atoms with Gasteiger partial charge in [0.2, 0.25) is 11.7 Å². The average Bonchev–Trinajstić information content (AvgIpc) is 2.96. The summed E-state index contributed by atoms with van der Waals surface area (Å²) in [5.74, 6) is 0.997. The van der Waals surface area contributed by atoms with Crippen molar-refractivity contribution in [1.82, 2.24) is 15.1 Å². The zero-order valence-corrected chi connectivity index (χ0v) is 9.24. The lowest BCUT2D eigenvalue weighted by Gasteiger charge is -1.98. The smallest absolute Gasteiger partial charge is 0.237 e. The summed E-state index contributed by atoms with van der Waals surface area (Å²) in [5.41, 5.74) is 1.71. The first kappa shape index (κ1) is 9.65. The molecule has 5 nitrogen and oxygen atoms in total. The minimum atomic E-state index is -0.186. The Balaban J connectivity index is 1.91. The van der Waals surface area contributed by atoms with Crippen LogP contribution in [0, 0.1) is 0 Å². The van der Waals surface area contributed by atoms with Gasteiger partial charge in [-0.15, -0.1) is 11.3 Å². The van der Waals surface area contributed by atoms with Crippen molar-refractivity contribution < 1.29 is 9.32 Å². The molecule has 82 valence electrons. The molecule has 0 spiro atoms. The highest BCUT2D eigenvalue weighted by Gasteiger charge is 2.31. The second kappa shape index (κ2) is 3.79. The molecule has 2 aromatic rings. The second-order valence-electron chi connectivity index (χ2n) is 3.73. The van der Waals surface area contributed by atoms with E-state index in [1.165, 1.54) is 11.3 Å². The van der Waals surface area contributed by atoms with Crippen molar-refractivity contribution in [2.45, 2.75) is 25.2 Å². The van der Waals surface area contributed by atoms with Gasteiger partial charge in [0.15, 0.2) is 0 Å². The summed E-state index contributed by atoms with van der Waals surface area (Å²) >= 11 is 1.45. The molecule has 0 aromatic carbocycles. The highest BCUT2D eigenvalue weighted by Crippen LogP contribution is 2.31. The monoisotopic (exact) mass is 235 g/mol. The van der Waals surface area contributed by atoms with E-state index in [2.05, 4.69) is 15.1 Å². The first-order valence-corrected chi connectivity index (χ1v) is 5.98. The predicted molar refractivity (Wildman–Crippen MR) is 57.0 cm³/mol. The fourth-order valence-corrected chi connectivity index (χ4v) is 2.43. The first-order chi connectivity index (χ1) is 7.84. The SMILES string of the molecule is O=C1CCCC1c1nc(-c2cncs2)no1. The Labute approximate surface area is 95.5 Å². The van der Waals surface area contributed by atoms with Crippen LogP contribution in [-0.4, -0.2) is 20.9 Å². The third-order valence-corrected chi connectivity index (χ3v) is 3.47. The van der Waals surface area contributed by atoms with E-state index in [1.54, 1.807) is 11.7 Å². The van der Waals surface area contributed by atoms with Crippen molar-refractivity contribution >= 4 is 17.1 Å². The van der Waals surface area contributed by atoms with E-state index in [9.17, 15) is 4.79 Å². The van der Waals surface area contributed by atoms with Crippen molar-refractivity contribution in [2.75, 3.05) is 0 Å². The van der Waals surface area contributed by atoms with Crippen molar-refractivity contribution in [1.29, 1.82) is 0 Å². The lowest BCUT2D eigenvalue weighted by atomic mass is 10.1. The van der Waals surface area contributed by atoms with Crippen molar-refractivity contribution in [3.05, 3.63) is 17.6 Å². The van der Waals surface area contributed by atoms with Crippen LogP contribution in [0.2, 0.25) is 0 Å². The van der Waals surface area contributed by atoms with Gasteiger partial charge in [0, 0.05) is 12.6 Å². The van der Waals surface area contributed by atoms with Crippen LogP contribution in [0.4, 0.5) is 0 Å². The fourth-order valence-electron chi connectivity index (χ4n) is 1.88. The topological polar surface area (TPSA) is 68.9 Å². The first-order valence-electron chi connectivity index (χ1n) is 5.10. The molecule has 1 saturated carbocycles. The number of hydrogen-bond donors (Lipinski definition) is 0. The number of carbonyl (C=O) groups excluding carboxylic acids is 1. The number of nitrogens with zero attached hydrogens (tertiary/aromatic N) is 3. The van der Waals surface area contributed by atoms with Crippen molar-refractivity contribution in [2.24, 2.45) is 0 Å². The zero-order chi connectivity index (χ0) is 11.0. The normalized spacial score (nSPS) is 20.5. The molecule has 1 aliphatic carbocycles. The van der Waals surface area contributed by atoms with Gasteiger partial charge in [-0.2, -0.15) is 4.98 Å². The van der Waals surface area contributed by atoms with E-state index in [-0.39, 0.29) is 11.7 Å². The summed E-state index contributed by atoms with van der Waals surface area (Å²) in [5, 5.41) is 3.87. The zero-order valence-electron chi connectivity index (χ0n) is 8.42. The van der Waals surface area contributed by atoms with Gasteiger partial charge in [0.05, 0.1) is 16.3 Å². The maximum atomic E-state index is 11.5. The van der Waals surface area contributed by atoms with Gasteiger partial charge in [-0.1, -0.05) is 5.16 Å². The van der Waals surface area contributed by atoms with Gasteiger partial charge in [-0.05, 0) is 12.8 Å². The van der Waals surface area contributed by atoms with Crippen LogP contribution in [-0.2, 0) is 4.79 Å². The third kappa shape index (κ3) is 1.55. The van der Waals surface area contributed by atoms with E-state index in [1.807, 2.05) is 0 Å². The van der Waals surface area contributed by atoms with Gasteiger partial charge < -0.3 is 4.52 Å². The maximum Gasteiger partial charge on any atom is 0.237 e. The molecule has 0 amide bonds. The number of carbonyl (C=O) groups is 1. The molecule has 0 radical (unpaired) electrons. The molecular formula is C10H9N3O2S. The van der Waals surface area contributed by atoms with E-state index >= 15 is 0 Å². The molecule has 2 aromatic heterocycles. The lowest BCUT2D eigenvalue weighted by molar-refractivity contribution is -0.119. The molecule has 0 bridgehead atoms. The Morgan fingerprint density at radius 2 is 2.44 bits per heavy atom. The maximum absolute atomic E-state index is 11.5. The number of hydrogen-bond acceptors (Lipinski definition) is 6. The molecule has 6 heteroatoms. The molecular weight excluding hydrogens is 226 g/mol. The summed E-state index contributed by atoms with van der Waals surface area (Å²) < 4.78 is 5.14. The van der Waals surface area contributed by atoms with E-state index < -0.39 is 0 Å². The molecule has 1 aliphatic rings. The summed E-state index contributed by atoms with van der Waals surface area (Å²) in [6, 6.07) is 0. The Morgan fingerprint density at radius 3 is 3.12 bits per heavy atom. The standard InChI is InChI=1S/C10H9N3O2S/c14-7-3-1-2-6(7)10-12-9(13-15-10)8-4-11-5-16-8/h4-6H,1-3H2. The molecule has 3 rings (SSSR count). The molecule has 1 fully saturated rings. The highest BCUT2D eigenvalue weighted by atomic mass is 32.1. The van der Waals surface area contributed by atoms with E-state index in [0.717, 1.165) is 17.7 Å². The van der Waals surface area contributed by atoms with Crippen LogP contribution in [0.1, 0.15) is 31.1 Å². The number of ketones is 1. The molecule has 0 saturated heterocycles. The summed E-state index contributed by atoms with van der Waals surface area (Å²) in [7, 11) is 0. The summed E-state index contributed by atoms with van der Waals surface area (Å²) in [4.78, 5) is 20.6. The minimum Gasteiger partial charge on any atom is -0.338 e. The van der Waals surface area contributed by atoms with Crippen LogP contribution >= 0.6 is 11.3 Å². The van der Waals surface area contributed by atoms with Crippen LogP contribution in [0.3, 0.4) is 0 Å². The Bertz CT molecular complexity index is 506. The number of thiazole rings is 1. The Kier molecular flexibility index (Phi) is 2.28. The van der Waals surface area contributed by atoms with E-state index in [4.69, 9.17) is 4.52 Å². The Morgan fingerprint density at radius 1 is 1.50 bits per heavy atom. The molecule has 16 heavy (non-hydrogen) atoms. The molecule has 0 aliphatic heterocycles. The molecule has 0 N–H and O–H groups in total. The summed E-state index contributed by atoms with van der Waals surface area (Å²) in [6.07, 6.45) is 4.06. The molecule has 1 atom stereocenters. The third-order valence-electron chi connectivity index (χ3n) is 2.70. The number of Topliss-reactive ketones (excluding diaryl/α,β-unsaturated/α-hetero) is 1. The quantitative estimate of drug-likeness (QED) is 0.796. The van der Waals surface area contributed by atoms with Gasteiger partial charge in [-0.25, -0.2) is 0 Å². The average molecular weight is 235 g/mol. The van der Waals surface area contributed by atoms with Gasteiger partial charge >= 0.3 is 0 Å². The molecule has 2 heterocycles.